The molecule has 0 aliphatic heterocycles. The maximum absolute atomic E-state index is 5.76. The SMILES string of the molecule is COc1nc(Nc2ccnc(Cl)n2)cc2ccccc12. The molecule has 2 heterocycles. The summed E-state index contributed by atoms with van der Waals surface area (Å²) in [4.78, 5) is 12.3. The summed E-state index contributed by atoms with van der Waals surface area (Å²) in [7, 11) is 1.60. The van der Waals surface area contributed by atoms with E-state index in [-0.39, 0.29) is 5.28 Å². The third kappa shape index (κ3) is 2.48. The fraction of sp³-hybridized carbons (Fsp3) is 0.0714. The molecule has 100 valence electrons. The van der Waals surface area contributed by atoms with Crippen LogP contribution in [0.2, 0.25) is 5.28 Å². The van der Waals surface area contributed by atoms with E-state index in [0.717, 1.165) is 10.8 Å². The number of anilines is 2. The van der Waals surface area contributed by atoms with Crippen LogP contribution in [-0.4, -0.2) is 22.1 Å². The molecule has 0 amide bonds. The molecule has 1 aromatic carbocycles. The number of ether oxygens (including phenoxy) is 1. The molecule has 2 aromatic heterocycles. The Balaban J connectivity index is 2.03. The maximum atomic E-state index is 5.76. The summed E-state index contributed by atoms with van der Waals surface area (Å²) >= 11 is 5.76. The Morgan fingerprint density at radius 2 is 1.95 bits per heavy atom. The van der Waals surface area contributed by atoms with Crippen molar-refractivity contribution < 1.29 is 4.74 Å². The van der Waals surface area contributed by atoms with E-state index in [1.165, 1.54) is 0 Å². The van der Waals surface area contributed by atoms with E-state index in [0.29, 0.717) is 17.5 Å². The predicted molar refractivity (Wildman–Crippen MR) is 78.6 cm³/mol. The van der Waals surface area contributed by atoms with Crippen LogP contribution in [0.5, 0.6) is 5.88 Å². The summed E-state index contributed by atoms with van der Waals surface area (Å²) in [5.41, 5.74) is 0. The lowest BCUT2D eigenvalue weighted by Crippen LogP contribution is -1.99. The second-order valence-electron chi connectivity index (χ2n) is 4.07. The summed E-state index contributed by atoms with van der Waals surface area (Å²) in [6, 6.07) is 11.5. The van der Waals surface area contributed by atoms with Crippen LogP contribution in [-0.2, 0) is 0 Å². The van der Waals surface area contributed by atoms with Gasteiger partial charge in [0.05, 0.1) is 7.11 Å². The molecular formula is C14H11ClN4O. The number of hydrogen-bond donors (Lipinski definition) is 1. The molecule has 6 heteroatoms. The van der Waals surface area contributed by atoms with Gasteiger partial charge in [-0.2, -0.15) is 4.98 Å². The highest BCUT2D eigenvalue weighted by atomic mass is 35.5. The quantitative estimate of drug-likeness (QED) is 0.748. The maximum Gasteiger partial charge on any atom is 0.224 e. The Morgan fingerprint density at radius 3 is 2.75 bits per heavy atom. The van der Waals surface area contributed by atoms with Gasteiger partial charge in [0.25, 0.3) is 0 Å². The fourth-order valence-corrected chi connectivity index (χ4v) is 2.07. The second-order valence-corrected chi connectivity index (χ2v) is 4.41. The monoisotopic (exact) mass is 286 g/mol. The van der Waals surface area contributed by atoms with Gasteiger partial charge in [0.2, 0.25) is 11.2 Å². The van der Waals surface area contributed by atoms with E-state index in [1.54, 1.807) is 19.4 Å². The smallest absolute Gasteiger partial charge is 0.224 e. The van der Waals surface area contributed by atoms with Gasteiger partial charge in [0, 0.05) is 11.6 Å². The molecule has 1 N–H and O–H groups in total. The first-order valence-electron chi connectivity index (χ1n) is 5.95. The lowest BCUT2D eigenvalue weighted by molar-refractivity contribution is 0.404. The molecule has 0 fully saturated rings. The van der Waals surface area contributed by atoms with Crippen LogP contribution < -0.4 is 10.1 Å². The van der Waals surface area contributed by atoms with Crippen LogP contribution in [0.3, 0.4) is 0 Å². The molecule has 5 nitrogen and oxygen atoms in total. The van der Waals surface area contributed by atoms with Crippen LogP contribution in [0, 0.1) is 0 Å². The topological polar surface area (TPSA) is 59.9 Å². The molecular weight excluding hydrogens is 276 g/mol. The Kier molecular flexibility index (Phi) is 3.35. The summed E-state index contributed by atoms with van der Waals surface area (Å²) in [5.74, 6) is 1.77. The van der Waals surface area contributed by atoms with Crippen LogP contribution in [0.1, 0.15) is 0 Å². The van der Waals surface area contributed by atoms with Crippen molar-refractivity contribution in [2.45, 2.75) is 0 Å². The number of rotatable bonds is 3. The molecule has 0 saturated carbocycles. The number of nitrogens with one attached hydrogen (secondary N) is 1. The van der Waals surface area contributed by atoms with Crippen LogP contribution in [0.25, 0.3) is 10.8 Å². The molecule has 0 aliphatic rings. The average Bonchev–Trinajstić information content (AvgIpc) is 2.46. The standard InChI is InChI=1S/C14H11ClN4O/c1-20-13-10-5-3-2-4-9(10)8-12(18-13)17-11-6-7-16-14(15)19-11/h2-8H,1H3,(H,16,17,18,19). The van der Waals surface area contributed by atoms with E-state index in [2.05, 4.69) is 20.3 Å². The third-order valence-electron chi connectivity index (χ3n) is 2.78. The van der Waals surface area contributed by atoms with E-state index in [9.17, 15) is 0 Å². The van der Waals surface area contributed by atoms with Gasteiger partial charge in [-0.15, -0.1) is 0 Å². The zero-order valence-electron chi connectivity index (χ0n) is 10.7. The van der Waals surface area contributed by atoms with Crippen molar-refractivity contribution in [2.24, 2.45) is 0 Å². The minimum Gasteiger partial charge on any atom is -0.480 e. The van der Waals surface area contributed by atoms with Gasteiger partial charge in [0.1, 0.15) is 11.6 Å². The molecule has 0 aliphatic carbocycles. The molecule has 0 saturated heterocycles. The number of nitrogens with zero attached hydrogens (tertiary/aromatic N) is 3. The number of fused-ring (bicyclic) bond motifs is 1. The van der Waals surface area contributed by atoms with Crippen molar-refractivity contribution in [3.05, 3.63) is 47.9 Å². The first-order chi connectivity index (χ1) is 9.76. The number of pyridine rings is 1. The predicted octanol–water partition coefficient (Wildman–Crippen LogP) is 3.43. The van der Waals surface area contributed by atoms with E-state index in [4.69, 9.17) is 16.3 Å². The molecule has 0 unspecified atom stereocenters. The third-order valence-corrected chi connectivity index (χ3v) is 2.96. The number of aromatic nitrogens is 3. The van der Waals surface area contributed by atoms with Gasteiger partial charge in [-0.3, -0.25) is 0 Å². The normalized spacial score (nSPS) is 10.5. The van der Waals surface area contributed by atoms with Gasteiger partial charge in [-0.1, -0.05) is 18.2 Å². The fourth-order valence-electron chi connectivity index (χ4n) is 1.92. The largest absolute Gasteiger partial charge is 0.480 e. The van der Waals surface area contributed by atoms with Crippen LogP contribution in [0.15, 0.2) is 42.6 Å². The van der Waals surface area contributed by atoms with Crippen molar-refractivity contribution >= 4 is 34.0 Å². The molecule has 0 spiro atoms. The van der Waals surface area contributed by atoms with Crippen molar-refractivity contribution in [2.75, 3.05) is 12.4 Å². The highest BCUT2D eigenvalue weighted by Gasteiger charge is 2.06. The lowest BCUT2D eigenvalue weighted by Gasteiger charge is -2.09. The van der Waals surface area contributed by atoms with Gasteiger partial charge in [-0.05, 0) is 35.2 Å². The van der Waals surface area contributed by atoms with E-state index >= 15 is 0 Å². The van der Waals surface area contributed by atoms with Crippen molar-refractivity contribution in [1.82, 2.24) is 15.0 Å². The van der Waals surface area contributed by atoms with Gasteiger partial charge >= 0.3 is 0 Å². The highest BCUT2D eigenvalue weighted by molar-refractivity contribution is 6.28. The van der Waals surface area contributed by atoms with Gasteiger partial charge in [0.15, 0.2) is 0 Å². The van der Waals surface area contributed by atoms with Crippen LogP contribution >= 0.6 is 11.6 Å². The number of methoxy groups -OCH3 is 1. The lowest BCUT2D eigenvalue weighted by atomic mass is 10.1. The Bertz CT molecular complexity index is 763. The van der Waals surface area contributed by atoms with Crippen molar-refractivity contribution in [3.8, 4) is 5.88 Å². The van der Waals surface area contributed by atoms with Crippen molar-refractivity contribution in [3.63, 3.8) is 0 Å². The van der Waals surface area contributed by atoms with Gasteiger partial charge < -0.3 is 10.1 Å². The highest BCUT2D eigenvalue weighted by Crippen LogP contribution is 2.27. The summed E-state index contributed by atoms with van der Waals surface area (Å²) in [6.07, 6.45) is 1.58. The Hall–Kier alpha value is -2.40. The molecule has 3 aromatic rings. The molecule has 0 atom stereocenters. The Morgan fingerprint density at radius 1 is 1.10 bits per heavy atom. The number of hydrogen-bond acceptors (Lipinski definition) is 5. The summed E-state index contributed by atoms with van der Waals surface area (Å²) in [5, 5.41) is 5.26. The molecule has 0 radical (unpaired) electrons. The molecule has 20 heavy (non-hydrogen) atoms. The number of benzene rings is 1. The summed E-state index contributed by atoms with van der Waals surface area (Å²) in [6.45, 7) is 0. The molecule has 0 bridgehead atoms. The van der Waals surface area contributed by atoms with E-state index < -0.39 is 0 Å². The molecule has 3 rings (SSSR count). The van der Waals surface area contributed by atoms with Crippen molar-refractivity contribution in [1.29, 1.82) is 0 Å². The first-order valence-corrected chi connectivity index (χ1v) is 6.33. The zero-order chi connectivity index (χ0) is 13.9. The first kappa shape index (κ1) is 12.6. The second kappa shape index (κ2) is 5.30. The number of halogens is 1. The minimum absolute atomic E-state index is 0.183. The Labute approximate surface area is 120 Å². The van der Waals surface area contributed by atoms with E-state index in [1.807, 2.05) is 30.3 Å². The summed E-state index contributed by atoms with van der Waals surface area (Å²) < 4.78 is 5.32. The average molecular weight is 287 g/mol. The van der Waals surface area contributed by atoms with Gasteiger partial charge in [-0.25, -0.2) is 9.97 Å². The van der Waals surface area contributed by atoms with Crippen LogP contribution in [0.4, 0.5) is 11.6 Å². The minimum atomic E-state index is 0.183. The zero-order valence-corrected chi connectivity index (χ0v) is 11.4.